The molecule has 0 aliphatic carbocycles. The third kappa shape index (κ3) is 3.16. The fraction of sp³-hybridized carbons (Fsp3) is 0.529. The molecule has 3 rings (SSSR count). The molecule has 1 saturated heterocycles. The third-order valence-electron chi connectivity index (χ3n) is 4.60. The minimum Gasteiger partial charge on any atom is -0.479 e. The van der Waals surface area contributed by atoms with Crippen LogP contribution < -0.4 is 5.73 Å². The highest BCUT2D eigenvalue weighted by molar-refractivity contribution is 5.82. The molecule has 2 aromatic heterocycles. The van der Waals surface area contributed by atoms with Crippen molar-refractivity contribution in [2.45, 2.75) is 50.2 Å². The summed E-state index contributed by atoms with van der Waals surface area (Å²) >= 11 is 0. The van der Waals surface area contributed by atoms with Crippen molar-refractivity contribution < 1.29 is 30.0 Å². The van der Waals surface area contributed by atoms with Crippen LogP contribution in [-0.2, 0) is 9.53 Å². The predicted molar refractivity (Wildman–Crippen MR) is 95.7 cm³/mol. The maximum atomic E-state index is 11.5. The molecule has 0 spiro atoms. The monoisotopic (exact) mass is 391 g/mol. The Hall–Kier alpha value is -2.78. The lowest BCUT2D eigenvalue weighted by Crippen LogP contribution is -2.52. The fourth-order valence-electron chi connectivity index (χ4n) is 2.97. The summed E-state index contributed by atoms with van der Waals surface area (Å²) in [7, 11) is 0. The summed E-state index contributed by atoms with van der Waals surface area (Å²) in [5.41, 5.74) is 3.90. The fourth-order valence-corrected chi connectivity index (χ4v) is 2.97. The van der Waals surface area contributed by atoms with Crippen LogP contribution in [0.5, 0.6) is 0 Å². The van der Waals surface area contributed by atoms with Crippen LogP contribution in [0, 0.1) is 11.8 Å². The van der Waals surface area contributed by atoms with Crippen molar-refractivity contribution in [1.82, 2.24) is 19.5 Å². The zero-order valence-electron chi connectivity index (χ0n) is 15.1. The molecule has 0 bridgehead atoms. The van der Waals surface area contributed by atoms with Gasteiger partial charge in [-0.1, -0.05) is 19.3 Å². The largest absolute Gasteiger partial charge is 0.479 e. The van der Waals surface area contributed by atoms with Crippen molar-refractivity contribution in [3.8, 4) is 11.8 Å². The molecule has 0 aromatic carbocycles. The number of carbonyl (C=O) groups is 1. The van der Waals surface area contributed by atoms with Crippen LogP contribution >= 0.6 is 0 Å². The number of rotatable bonds is 5. The number of nitrogens with zero attached hydrogens (tertiary/aromatic N) is 4. The molecular weight excluding hydrogens is 370 g/mol. The van der Waals surface area contributed by atoms with Crippen LogP contribution in [0.1, 0.15) is 38.2 Å². The second kappa shape index (κ2) is 7.69. The van der Waals surface area contributed by atoms with E-state index in [0.717, 1.165) is 12.8 Å². The molecule has 11 nitrogen and oxygen atoms in total. The van der Waals surface area contributed by atoms with Gasteiger partial charge in [0.1, 0.15) is 17.7 Å². The minimum absolute atomic E-state index is 0.0585. The van der Waals surface area contributed by atoms with E-state index in [0.29, 0.717) is 6.42 Å². The number of aliphatic hydroxyl groups is 3. The molecule has 0 radical (unpaired) electrons. The Labute approximate surface area is 159 Å². The molecule has 150 valence electrons. The number of carboxylic acids is 1. The lowest BCUT2D eigenvalue weighted by Gasteiger charge is -2.24. The van der Waals surface area contributed by atoms with E-state index in [1.54, 1.807) is 0 Å². The molecule has 0 amide bonds. The maximum absolute atomic E-state index is 11.5. The number of hydrogen-bond donors (Lipinski definition) is 5. The molecule has 28 heavy (non-hydrogen) atoms. The number of carboxylic acid groups (broad SMARTS) is 1. The van der Waals surface area contributed by atoms with Gasteiger partial charge < -0.3 is 30.9 Å². The van der Waals surface area contributed by atoms with Gasteiger partial charge in [0.05, 0.1) is 12.9 Å². The summed E-state index contributed by atoms with van der Waals surface area (Å²) in [5, 5.41) is 39.3. The van der Waals surface area contributed by atoms with Crippen molar-refractivity contribution in [2.75, 3.05) is 12.3 Å². The number of aliphatic carboxylic acids is 1. The van der Waals surface area contributed by atoms with Gasteiger partial charge in [0.25, 0.3) is 0 Å². The van der Waals surface area contributed by atoms with E-state index in [2.05, 4.69) is 26.8 Å². The Kier molecular flexibility index (Phi) is 5.48. The van der Waals surface area contributed by atoms with Crippen LogP contribution in [0.15, 0.2) is 6.33 Å². The van der Waals surface area contributed by atoms with Crippen LogP contribution in [0.2, 0.25) is 0 Å². The number of ether oxygens (including phenoxy) is 1. The van der Waals surface area contributed by atoms with Crippen LogP contribution in [0.3, 0.4) is 0 Å². The van der Waals surface area contributed by atoms with Gasteiger partial charge in [-0.25, -0.2) is 19.7 Å². The van der Waals surface area contributed by atoms with E-state index in [4.69, 9.17) is 10.5 Å². The number of anilines is 1. The first-order valence-electron chi connectivity index (χ1n) is 8.72. The Bertz CT molecular complexity index is 951. The summed E-state index contributed by atoms with van der Waals surface area (Å²) < 4.78 is 6.60. The Morgan fingerprint density at radius 3 is 2.79 bits per heavy atom. The number of nitrogens with two attached hydrogens (primary N) is 1. The van der Waals surface area contributed by atoms with Crippen molar-refractivity contribution in [3.05, 3.63) is 12.2 Å². The van der Waals surface area contributed by atoms with Gasteiger partial charge in [0.2, 0.25) is 11.4 Å². The van der Waals surface area contributed by atoms with Gasteiger partial charge in [-0.15, -0.1) is 0 Å². The number of unbranched alkanes of at least 4 members (excludes halogenated alkanes) is 2. The zero-order valence-corrected chi connectivity index (χ0v) is 15.1. The van der Waals surface area contributed by atoms with Gasteiger partial charge in [-0.05, 0) is 12.3 Å². The average Bonchev–Trinajstić information content (AvgIpc) is 3.20. The van der Waals surface area contributed by atoms with Gasteiger partial charge in [0.15, 0.2) is 17.7 Å². The predicted octanol–water partition coefficient (Wildman–Crippen LogP) is -0.983. The van der Waals surface area contributed by atoms with Crippen molar-refractivity contribution >= 4 is 23.0 Å². The molecule has 0 unspecified atom stereocenters. The van der Waals surface area contributed by atoms with E-state index in [9.17, 15) is 25.2 Å². The molecule has 2 aromatic rings. The first-order valence-corrected chi connectivity index (χ1v) is 8.72. The summed E-state index contributed by atoms with van der Waals surface area (Å²) in [5.74, 6) is 4.34. The van der Waals surface area contributed by atoms with Gasteiger partial charge in [-0.3, -0.25) is 4.57 Å². The highest BCUT2D eigenvalue weighted by Gasteiger charge is 2.60. The van der Waals surface area contributed by atoms with E-state index < -0.39 is 36.6 Å². The molecular formula is C17H21N5O6. The average molecular weight is 391 g/mol. The Morgan fingerprint density at radius 2 is 2.18 bits per heavy atom. The number of hydrogen-bond acceptors (Lipinski definition) is 9. The normalized spacial score (nSPS) is 26.9. The second-order valence-corrected chi connectivity index (χ2v) is 6.46. The molecule has 11 heteroatoms. The number of aromatic nitrogens is 4. The molecule has 0 saturated carbocycles. The minimum atomic E-state index is -2.37. The first kappa shape index (κ1) is 20.0. The number of fused-ring (bicyclic) bond motifs is 1. The topological polar surface area (TPSA) is 177 Å². The van der Waals surface area contributed by atoms with Crippen molar-refractivity contribution in [1.29, 1.82) is 0 Å². The van der Waals surface area contributed by atoms with Gasteiger partial charge in [-0.2, -0.15) is 0 Å². The maximum Gasteiger partial charge on any atom is 0.341 e. The number of nitrogen functional groups attached to an aromatic ring is 1. The number of aliphatic hydroxyl groups excluding tert-OH is 3. The van der Waals surface area contributed by atoms with Crippen LogP contribution in [-0.4, -0.2) is 70.3 Å². The van der Waals surface area contributed by atoms with Crippen molar-refractivity contribution in [2.24, 2.45) is 0 Å². The molecule has 4 atom stereocenters. The molecule has 1 aliphatic rings. The number of imidazole rings is 1. The lowest BCUT2D eigenvalue weighted by atomic mass is 9.96. The summed E-state index contributed by atoms with van der Waals surface area (Å²) in [6.45, 7) is 1.01. The second-order valence-electron chi connectivity index (χ2n) is 6.46. The summed E-state index contributed by atoms with van der Waals surface area (Å²) in [6.07, 6.45) is -1.05. The molecule has 1 aliphatic heterocycles. The Morgan fingerprint density at radius 1 is 1.43 bits per heavy atom. The smallest absolute Gasteiger partial charge is 0.341 e. The highest BCUT2D eigenvalue weighted by Crippen LogP contribution is 2.38. The lowest BCUT2D eigenvalue weighted by molar-refractivity contribution is -0.183. The van der Waals surface area contributed by atoms with Crippen LogP contribution in [0.4, 0.5) is 5.82 Å². The molecule has 3 heterocycles. The van der Waals surface area contributed by atoms with Crippen LogP contribution in [0.25, 0.3) is 11.2 Å². The highest BCUT2D eigenvalue weighted by atomic mass is 16.6. The SMILES string of the molecule is CCCCC#Cc1nc(N)c2ncn([C@@H]3O[C@@](CO)(C(=O)O)[C@@H](O)[C@H]3O)c2n1. The van der Waals surface area contributed by atoms with Gasteiger partial charge >= 0.3 is 5.97 Å². The van der Waals surface area contributed by atoms with E-state index in [-0.39, 0.29) is 22.8 Å². The van der Waals surface area contributed by atoms with Gasteiger partial charge in [0, 0.05) is 6.42 Å². The van der Waals surface area contributed by atoms with E-state index >= 15 is 0 Å². The van der Waals surface area contributed by atoms with E-state index in [1.165, 1.54) is 10.9 Å². The summed E-state index contributed by atoms with van der Waals surface area (Å²) in [6, 6.07) is 0. The zero-order chi connectivity index (χ0) is 20.5. The molecule has 1 fully saturated rings. The third-order valence-corrected chi connectivity index (χ3v) is 4.60. The quantitative estimate of drug-likeness (QED) is 0.314. The molecule has 6 N–H and O–H groups in total. The standard InChI is InChI=1S/C17H21N5O6/c1-2-3-4-5-6-9-20-13(18)10-14(21-9)22(8-19-10)15-11(24)12(25)17(7-23,28-15)16(26)27/h8,11-12,15,23-25H,2-4,7H2,1H3,(H,26,27)(H2,18,20,21)/t11-,12+,15-,17-/m1/s1. The van der Waals surface area contributed by atoms with E-state index in [1.807, 2.05) is 6.92 Å². The van der Waals surface area contributed by atoms with Crippen molar-refractivity contribution in [3.63, 3.8) is 0 Å². The Balaban J connectivity index is 2.02. The summed E-state index contributed by atoms with van der Waals surface area (Å²) in [4.78, 5) is 23.9. The first-order chi connectivity index (χ1) is 13.4.